The number of pyridine rings is 1. The molecule has 0 aliphatic carbocycles. The van der Waals surface area contributed by atoms with E-state index in [1.165, 1.54) is 4.57 Å². The van der Waals surface area contributed by atoms with Crippen LogP contribution in [-0.2, 0) is 25.8 Å². The quantitative estimate of drug-likeness (QED) is 0.478. The average Bonchev–Trinajstić information content (AvgIpc) is 3.09. The summed E-state index contributed by atoms with van der Waals surface area (Å²) >= 11 is 0. The van der Waals surface area contributed by atoms with Gasteiger partial charge in [-0.25, -0.2) is 4.57 Å². The van der Waals surface area contributed by atoms with Gasteiger partial charge >= 0.3 is 12.0 Å². The molecule has 0 saturated heterocycles. The summed E-state index contributed by atoms with van der Waals surface area (Å²) in [7, 11) is 0. The summed E-state index contributed by atoms with van der Waals surface area (Å²) in [6.45, 7) is 11.9. The van der Waals surface area contributed by atoms with Crippen molar-refractivity contribution in [3.63, 3.8) is 0 Å². The lowest BCUT2D eigenvalue weighted by atomic mass is 9.90. The number of halogens is 3. The van der Waals surface area contributed by atoms with Gasteiger partial charge in [-0.1, -0.05) is 19.9 Å². The number of hydrogen-bond donors (Lipinski definition) is 0. The fraction of sp³-hybridized carbons (Fsp3) is 0.560. The summed E-state index contributed by atoms with van der Waals surface area (Å²) in [5.74, 6) is 0.513. The van der Waals surface area contributed by atoms with Gasteiger partial charge in [-0.15, -0.1) is 4.68 Å². The highest BCUT2D eigenvalue weighted by molar-refractivity contribution is 5.84. The Labute approximate surface area is 198 Å². The van der Waals surface area contributed by atoms with E-state index in [1.54, 1.807) is 6.20 Å². The summed E-state index contributed by atoms with van der Waals surface area (Å²) in [6.07, 6.45) is -2.17. The monoisotopic (exact) mass is 476 g/mol. The van der Waals surface area contributed by atoms with E-state index >= 15 is 0 Å². The number of ether oxygens (including phenoxy) is 1. The summed E-state index contributed by atoms with van der Waals surface area (Å²) in [5, 5.41) is 5.36. The number of rotatable bonds is 6. The summed E-state index contributed by atoms with van der Waals surface area (Å²) in [4.78, 5) is 6.50. The smallest absolute Gasteiger partial charge is 0.493 e. The van der Waals surface area contributed by atoms with Crippen LogP contribution in [-0.4, -0.2) is 38.2 Å². The molecule has 1 aromatic carbocycles. The molecule has 0 spiro atoms. The van der Waals surface area contributed by atoms with Gasteiger partial charge < -0.3 is 4.74 Å². The zero-order valence-electron chi connectivity index (χ0n) is 20.5. The molecule has 0 bridgehead atoms. The minimum absolute atomic E-state index is 0.131. The molecule has 1 aliphatic heterocycles. The van der Waals surface area contributed by atoms with Crippen LogP contribution >= 0.6 is 0 Å². The molecule has 4 rings (SSSR count). The van der Waals surface area contributed by atoms with Crippen LogP contribution in [0.3, 0.4) is 0 Å². The van der Waals surface area contributed by atoms with Crippen LogP contribution in [0.5, 0.6) is 5.75 Å². The highest BCUT2D eigenvalue weighted by Gasteiger charge is 2.50. The van der Waals surface area contributed by atoms with Crippen LogP contribution in [0.2, 0.25) is 0 Å². The van der Waals surface area contributed by atoms with Crippen molar-refractivity contribution in [1.29, 1.82) is 0 Å². The molecular weight excluding hydrogens is 443 g/mol. The molecule has 0 radical (unpaired) electrons. The van der Waals surface area contributed by atoms with E-state index in [0.29, 0.717) is 31.9 Å². The molecule has 0 unspecified atom stereocenters. The number of benzene rings is 1. The van der Waals surface area contributed by atoms with Crippen molar-refractivity contribution in [2.75, 3.05) is 13.2 Å². The topological polar surface area (TPSA) is 47.1 Å². The standard InChI is InChI=1S/C25H33F3N5O/c1-23(2,3)31-13-14-32-21(16-31)30-33(22(32)25(26,27)28)17-24(4,5)11-15-34-20-10-6-9-19-18(20)8-7-12-29-19/h6-10,12H,11,13-17H2,1-5H3/q+1. The van der Waals surface area contributed by atoms with Crippen LogP contribution in [0.4, 0.5) is 13.2 Å². The Morgan fingerprint density at radius 1 is 1.03 bits per heavy atom. The van der Waals surface area contributed by atoms with Crippen molar-refractivity contribution in [2.24, 2.45) is 5.41 Å². The first-order chi connectivity index (χ1) is 15.9. The van der Waals surface area contributed by atoms with E-state index in [4.69, 9.17) is 4.74 Å². The Balaban J connectivity index is 1.50. The summed E-state index contributed by atoms with van der Waals surface area (Å²) in [6, 6.07) is 9.50. The molecule has 3 aromatic rings. The van der Waals surface area contributed by atoms with Gasteiger partial charge in [-0.3, -0.25) is 9.88 Å². The lowest BCUT2D eigenvalue weighted by Crippen LogP contribution is -2.49. The Bertz CT molecular complexity index is 1160. The molecule has 0 saturated carbocycles. The van der Waals surface area contributed by atoms with Crippen molar-refractivity contribution >= 4 is 10.9 Å². The molecule has 2 aromatic heterocycles. The van der Waals surface area contributed by atoms with E-state index in [0.717, 1.165) is 21.3 Å². The van der Waals surface area contributed by atoms with Crippen LogP contribution in [0.15, 0.2) is 36.5 Å². The summed E-state index contributed by atoms with van der Waals surface area (Å²) < 4.78 is 50.7. The zero-order valence-corrected chi connectivity index (χ0v) is 20.5. The molecule has 0 atom stereocenters. The SMILES string of the molecule is CC(C)(CCOc1cccc2ncccc12)C[n+]1nc2n(c1C(F)(F)F)CCN(C(C)(C)C)C2. The van der Waals surface area contributed by atoms with Gasteiger partial charge in [-0.05, 0) is 56.6 Å². The fourth-order valence-electron chi connectivity index (χ4n) is 4.43. The van der Waals surface area contributed by atoms with Gasteiger partial charge in [-0.2, -0.15) is 13.2 Å². The maximum absolute atomic E-state index is 14.1. The Morgan fingerprint density at radius 3 is 2.50 bits per heavy atom. The fourth-order valence-corrected chi connectivity index (χ4v) is 4.43. The number of fused-ring (bicyclic) bond motifs is 2. The largest absolute Gasteiger partial charge is 0.497 e. The molecule has 184 valence electrons. The van der Waals surface area contributed by atoms with Crippen molar-refractivity contribution in [3.05, 3.63) is 48.2 Å². The second kappa shape index (κ2) is 8.83. The molecule has 9 heteroatoms. The molecular formula is C25H33F3N5O+. The van der Waals surface area contributed by atoms with E-state index in [1.807, 2.05) is 44.2 Å². The highest BCUT2D eigenvalue weighted by atomic mass is 19.4. The number of hydrogen-bond acceptors (Lipinski definition) is 4. The van der Waals surface area contributed by atoms with Crippen LogP contribution in [0.25, 0.3) is 10.9 Å². The van der Waals surface area contributed by atoms with Gasteiger partial charge in [0.2, 0.25) is 0 Å². The molecule has 0 amide bonds. The average molecular weight is 477 g/mol. The van der Waals surface area contributed by atoms with Crippen molar-refractivity contribution in [3.8, 4) is 5.75 Å². The molecule has 0 fully saturated rings. The number of aromatic nitrogens is 4. The molecule has 3 heterocycles. The Morgan fingerprint density at radius 2 is 1.79 bits per heavy atom. The van der Waals surface area contributed by atoms with E-state index in [2.05, 4.69) is 35.8 Å². The molecule has 34 heavy (non-hydrogen) atoms. The molecule has 0 N–H and O–H groups in total. The lowest BCUT2D eigenvalue weighted by molar-refractivity contribution is -0.777. The second-order valence-corrected chi connectivity index (χ2v) is 10.7. The van der Waals surface area contributed by atoms with Crippen LogP contribution < -0.4 is 9.42 Å². The van der Waals surface area contributed by atoms with Crippen molar-refractivity contribution in [1.82, 2.24) is 19.5 Å². The van der Waals surface area contributed by atoms with Crippen LogP contribution in [0.1, 0.15) is 52.7 Å². The molecule has 1 aliphatic rings. The van der Waals surface area contributed by atoms with Gasteiger partial charge in [0.15, 0.2) is 0 Å². The highest BCUT2D eigenvalue weighted by Crippen LogP contribution is 2.32. The number of nitrogens with zero attached hydrogens (tertiary/aromatic N) is 5. The van der Waals surface area contributed by atoms with Crippen molar-refractivity contribution in [2.45, 2.75) is 72.4 Å². The number of alkyl halides is 3. The third-order valence-corrected chi connectivity index (χ3v) is 6.40. The lowest BCUT2D eigenvalue weighted by Gasteiger charge is -2.36. The first-order valence-corrected chi connectivity index (χ1v) is 11.6. The predicted molar refractivity (Wildman–Crippen MR) is 123 cm³/mol. The van der Waals surface area contributed by atoms with Crippen LogP contribution in [0, 0.1) is 5.41 Å². The minimum atomic E-state index is -4.47. The maximum atomic E-state index is 14.1. The van der Waals surface area contributed by atoms with Gasteiger partial charge in [0.25, 0.3) is 5.82 Å². The second-order valence-electron chi connectivity index (χ2n) is 10.7. The normalized spacial score (nSPS) is 15.5. The summed E-state index contributed by atoms with van der Waals surface area (Å²) in [5.41, 5.74) is 0.258. The van der Waals surface area contributed by atoms with Gasteiger partial charge in [0, 0.05) is 29.1 Å². The maximum Gasteiger partial charge on any atom is 0.497 e. The van der Waals surface area contributed by atoms with Gasteiger partial charge in [0.1, 0.15) is 18.8 Å². The molecule has 6 nitrogen and oxygen atoms in total. The third-order valence-electron chi connectivity index (χ3n) is 6.40. The first-order valence-electron chi connectivity index (χ1n) is 11.6. The van der Waals surface area contributed by atoms with E-state index in [9.17, 15) is 13.2 Å². The third kappa shape index (κ3) is 5.19. The zero-order chi connectivity index (χ0) is 24.7. The Hall–Kier alpha value is -2.68. The van der Waals surface area contributed by atoms with Gasteiger partial charge in [0.05, 0.1) is 18.7 Å². The predicted octanol–water partition coefficient (Wildman–Crippen LogP) is 4.85. The van der Waals surface area contributed by atoms with E-state index < -0.39 is 17.4 Å². The minimum Gasteiger partial charge on any atom is -0.493 e. The van der Waals surface area contributed by atoms with E-state index in [-0.39, 0.29) is 18.6 Å². The Kier molecular flexibility index (Phi) is 6.35. The first kappa shape index (κ1) is 24.4. The van der Waals surface area contributed by atoms with Crippen molar-refractivity contribution < 1.29 is 22.6 Å².